The number of hydrogen-bond donors (Lipinski definition) is 1. The Kier molecular flexibility index (Phi) is 4.17. The first-order valence-electron chi connectivity index (χ1n) is 7.27. The summed E-state index contributed by atoms with van der Waals surface area (Å²) < 4.78 is 0. The summed E-state index contributed by atoms with van der Waals surface area (Å²) in [5.41, 5.74) is 7.78. The lowest BCUT2D eigenvalue weighted by atomic mass is 9.91. The van der Waals surface area contributed by atoms with E-state index in [0.717, 1.165) is 17.5 Å². The minimum Gasteiger partial charge on any atom is -0.508 e. The topological polar surface area (TPSA) is 20.2 Å². The number of hydrogen-bond acceptors (Lipinski definition) is 1. The van der Waals surface area contributed by atoms with Crippen molar-refractivity contribution in [2.45, 2.75) is 47.0 Å². The van der Waals surface area contributed by atoms with Crippen LogP contribution in [0.15, 0.2) is 30.3 Å². The number of rotatable bonds is 3. The molecule has 2 rings (SSSR count). The molecular weight excluding hydrogens is 244 g/mol. The Hall–Kier alpha value is -1.76. The minimum atomic E-state index is 0.357. The molecule has 2 aromatic carbocycles. The normalized spacial score (nSPS) is 11.1. The molecule has 106 valence electrons. The zero-order valence-electron chi connectivity index (χ0n) is 13.1. The van der Waals surface area contributed by atoms with Gasteiger partial charge in [-0.1, -0.05) is 32.0 Å². The van der Waals surface area contributed by atoms with Crippen LogP contribution in [0.2, 0.25) is 0 Å². The van der Waals surface area contributed by atoms with E-state index in [9.17, 15) is 5.11 Å². The highest BCUT2D eigenvalue weighted by atomic mass is 16.3. The molecule has 0 fully saturated rings. The molecule has 0 aromatic heterocycles. The van der Waals surface area contributed by atoms with Gasteiger partial charge >= 0.3 is 0 Å². The summed E-state index contributed by atoms with van der Waals surface area (Å²) in [6, 6.07) is 10.5. The van der Waals surface area contributed by atoms with Gasteiger partial charge in [-0.3, -0.25) is 0 Å². The van der Waals surface area contributed by atoms with Crippen LogP contribution >= 0.6 is 0 Å². The molecule has 0 unspecified atom stereocenters. The number of benzene rings is 2. The third-order valence-corrected chi connectivity index (χ3v) is 4.03. The number of phenolic OH excluding ortho intramolecular Hbond substituents is 1. The van der Waals surface area contributed by atoms with E-state index in [4.69, 9.17) is 0 Å². The van der Waals surface area contributed by atoms with E-state index in [1.165, 1.54) is 22.3 Å². The summed E-state index contributed by atoms with van der Waals surface area (Å²) in [4.78, 5) is 0. The van der Waals surface area contributed by atoms with Crippen LogP contribution in [-0.2, 0) is 6.42 Å². The van der Waals surface area contributed by atoms with Gasteiger partial charge in [0, 0.05) is 0 Å². The predicted molar refractivity (Wildman–Crippen MR) is 85.7 cm³/mol. The van der Waals surface area contributed by atoms with E-state index in [0.29, 0.717) is 11.7 Å². The number of aromatic hydroxyl groups is 1. The lowest BCUT2D eigenvalue weighted by Crippen LogP contribution is -1.99. The zero-order chi connectivity index (χ0) is 14.9. The summed E-state index contributed by atoms with van der Waals surface area (Å²) in [7, 11) is 0. The second-order valence-corrected chi connectivity index (χ2v) is 6.08. The van der Waals surface area contributed by atoms with E-state index < -0.39 is 0 Å². The standard InChI is InChI=1S/C19H24O/c1-12(2)18-10-16(7-6-13(18)3)11-19-14(4)8-17(20)9-15(19)5/h6-10,12,20H,11H2,1-5H3. The highest BCUT2D eigenvalue weighted by molar-refractivity contribution is 5.44. The summed E-state index contributed by atoms with van der Waals surface area (Å²) >= 11 is 0. The van der Waals surface area contributed by atoms with E-state index >= 15 is 0 Å². The van der Waals surface area contributed by atoms with Crippen molar-refractivity contribution in [1.82, 2.24) is 0 Å². The van der Waals surface area contributed by atoms with Crippen molar-refractivity contribution in [3.05, 3.63) is 63.7 Å². The maximum atomic E-state index is 9.64. The van der Waals surface area contributed by atoms with E-state index in [1.807, 2.05) is 12.1 Å². The lowest BCUT2D eigenvalue weighted by Gasteiger charge is -2.14. The van der Waals surface area contributed by atoms with Crippen LogP contribution in [0.4, 0.5) is 0 Å². The Bertz CT molecular complexity index is 601. The largest absolute Gasteiger partial charge is 0.508 e. The van der Waals surface area contributed by atoms with Crippen LogP contribution in [0.3, 0.4) is 0 Å². The lowest BCUT2D eigenvalue weighted by molar-refractivity contribution is 0.474. The quantitative estimate of drug-likeness (QED) is 0.827. The number of aryl methyl sites for hydroxylation is 3. The van der Waals surface area contributed by atoms with Gasteiger partial charge < -0.3 is 5.11 Å². The molecule has 0 saturated carbocycles. The van der Waals surface area contributed by atoms with Crippen LogP contribution in [0.25, 0.3) is 0 Å². The molecule has 0 saturated heterocycles. The number of phenols is 1. The first-order valence-corrected chi connectivity index (χ1v) is 7.27. The van der Waals surface area contributed by atoms with Gasteiger partial charge in [-0.15, -0.1) is 0 Å². The second-order valence-electron chi connectivity index (χ2n) is 6.08. The third-order valence-electron chi connectivity index (χ3n) is 4.03. The molecule has 0 amide bonds. The molecule has 1 N–H and O–H groups in total. The molecule has 0 spiro atoms. The van der Waals surface area contributed by atoms with Crippen molar-refractivity contribution in [3.63, 3.8) is 0 Å². The first-order chi connectivity index (χ1) is 9.38. The van der Waals surface area contributed by atoms with Crippen LogP contribution in [-0.4, -0.2) is 5.11 Å². The van der Waals surface area contributed by atoms with Gasteiger partial charge in [0.15, 0.2) is 0 Å². The molecular formula is C19H24O. The monoisotopic (exact) mass is 268 g/mol. The van der Waals surface area contributed by atoms with Gasteiger partial charge in [-0.2, -0.15) is 0 Å². The second kappa shape index (κ2) is 5.70. The predicted octanol–water partition coefficient (Wildman–Crippen LogP) is 5.03. The maximum absolute atomic E-state index is 9.64. The average Bonchev–Trinajstić information content (AvgIpc) is 2.35. The highest BCUT2D eigenvalue weighted by Gasteiger charge is 2.09. The summed E-state index contributed by atoms with van der Waals surface area (Å²) in [6.45, 7) is 10.8. The van der Waals surface area contributed by atoms with Crippen molar-refractivity contribution in [3.8, 4) is 5.75 Å². The van der Waals surface area contributed by atoms with Gasteiger partial charge in [0.25, 0.3) is 0 Å². The molecule has 0 atom stereocenters. The molecule has 0 aliphatic rings. The molecule has 0 radical (unpaired) electrons. The first kappa shape index (κ1) is 14.6. The van der Waals surface area contributed by atoms with Gasteiger partial charge in [0.1, 0.15) is 5.75 Å². The van der Waals surface area contributed by atoms with Gasteiger partial charge in [0.05, 0.1) is 0 Å². The van der Waals surface area contributed by atoms with Crippen LogP contribution in [0.1, 0.15) is 53.1 Å². The van der Waals surface area contributed by atoms with Gasteiger partial charge in [-0.25, -0.2) is 0 Å². The molecule has 2 aromatic rings. The van der Waals surface area contributed by atoms with Gasteiger partial charge in [0.2, 0.25) is 0 Å². The van der Waals surface area contributed by atoms with E-state index in [2.05, 4.69) is 52.8 Å². The molecule has 0 heterocycles. The molecule has 0 aliphatic carbocycles. The van der Waals surface area contributed by atoms with Crippen molar-refractivity contribution in [1.29, 1.82) is 0 Å². The molecule has 20 heavy (non-hydrogen) atoms. The fraction of sp³-hybridized carbons (Fsp3) is 0.368. The zero-order valence-corrected chi connectivity index (χ0v) is 13.1. The van der Waals surface area contributed by atoms with Crippen LogP contribution in [0, 0.1) is 20.8 Å². The Balaban J connectivity index is 2.38. The van der Waals surface area contributed by atoms with E-state index in [-0.39, 0.29) is 0 Å². The molecule has 0 bridgehead atoms. The smallest absolute Gasteiger partial charge is 0.116 e. The van der Waals surface area contributed by atoms with Gasteiger partial charge in [-0.05, 0) is 78.6 Å². The van der Waals surface area contributed by atoms with Crippen molar-refractivity contribution < 1.29 is 5.11 Å². The maximum Gasteiger partial charge on any atom is 0.116 e. The van der Waals surface area contributed by atoms with Crippen molar-refractivity contribution in [2.24, 2.45) is 0 Å². The fourth-order valence-electron chi connectivity index (χ4n) is 2.88. The van der Waals surface area contributed by atoms with Crippen LogP contribution < -0.4 is 0 Å². The Morgan fingerprint density at radius 2 is 1.50 bits per heavy atom. The van der Waals surface area contributed by atoms with Crippen molar-refractivity contribution >= 4 is 0 Å². The molecule has 1 heteroatoms. The Morgan fingerprint density at radius 3 is 2.05 bits per heavy atom. The average molecular weight is 268 g/mol. The van der Waals surface area contributed by atoms with Crippen molar-refractivity contribution in [2.75, 3.05) is 0 Å². The minimum absolute atomic E-state index is 0.357. The molecule has 0 aliphatic heterocycles. The third kappa shape index (κ3) is 3.04. The summed E-state index contributed by atoms with van der Waals surface area (Å²) in [5, 5.41) is 9.64. The summed E-state index contributed by atoms with van der Waals surface area (Å²) in [6.07, 6.45) is 0.929. The fourth-order valence-corrected chi connectivity index (χ4v) is 2.88. The highest BCUT2D eigenvalue weighted by Crippen LogP contribution is 2.26. The summed E-state index contributed by atoms with van der Waals surface area (Å²) in [5.74, 6) is 0.910. The Morgan fingerprint density at radius 1 is 0.900 bits per heavy atom. The molecule has 1 nitrogen and oxygen atoms in total. The SMILES string of the molecule is Cc1ccc(Cc2c(C)cc(O)cc2C)cc1C(C)C. The van der Waals surface area contributed by atoms with Crippen LogP contribution in [0.5, 0.6) is 5.75 Å². The van der Waals surface area contributed by atoms with E-state index in [1.54, 1.807) is 0 Å². The Labute approximate surface area is 122 Å².